The van der Waals surface area contributed by atoms with E-state index in [1.54, 1.807) is 31.4 Å². The van der Waals surface area contributed by atoms with Crippen LogP contribution in [0, 0.1) is 6.92 Å². The molecular weight excluding hydrogens is 426 g/mol. The van der Waals surface area contributed by atoms with Gasteiger partial charge < -0.3 is 15.5 Å². The van der Waals surface area contributed by atoms with Crippen LogP contribution in [0.5, 0.6) is 0 Å². The lowest BCUT2D eigenvalue weighted by Gasteiger charge is -2.14. The van der Waals surface area contributed by atoms with Crippen molar-refractivity contribution in [2.24, 2.45) is 5.73 Å². The van der Waals surface area contributed by atoms with Crippen molar-refractivity contribution in [1.29, 1.82) is 0 Å². The lowest BCUT2D eigenvalue weighted by Crippen LogP contribution is -2.23. The number of benzene rings is 1. The molecule has 3 N–H and O–H groups in total. The molecule has 3 aromatic rings. The van der Waals surface area contributed by atoms with Gasteiger partial charge in [0.25, 0.3) is 0 Å². The number of nitrogens with one attached hydrogen (secondary N) is 1. The summed E-state index contributed by atoms with van der Waals surface area (Å²) in [5, 5.41) is 12.0. The van der Waals surface area contributed by atoms with Crippen molar-refractivity contribution in [3.05, 3.63) is 58.8 Å². The van der Waals surface area contributed by atoms with Gasteiger partial charge in [-0.05, 0) is 43.7 Å². The molecule has 10 heteroatoms. The molecule has 30 heavy (non-hydrogen) atoms. The van der Waals surface area contributed by atoms with Crippen LogP contribution < -0.4 is 11.1 Å². The van der Waals surface area contributed by atoms with E-state index in [-0.39, 0.29) is 12.3 Å². The Labute approximate surface area is 183 Å². The Morgan fingerprint density at radius 3 is 2.83 bits per heavy atom. The summed E-state index contributed by atoms with van der Waals surface area (Å²) >= 11 is 7.30. The Kier molecular flexibility index (Phi) is 7.17. The van der Waals surface area contributed by atoms with E-state index in [9.17, 15) is 9.59 Å². The number of hydrogen-bond acceptors (Lipinski definition) is 6. The van der Waals surface area contributed by atoms with E-state index in [0.717, 1.165) is 5.56 Å². The summed E-state index contributed by atoms with van der Waals surface area (Å²) in [4.78, 5) is 23.9. The molecule has 0 saturated carbocycles. The molecule has 1 aromatic carbocycles. The maximum absolute atomic E-state index is 12.7. The molecule has 1 atom stereocenters. The average Bonchev–Trinajstić information content (AvgIpc) is 3.34. The first-order valence-corrected chi connectivity index (χ1v) is 10.6. The van der Waals surface area contributed by atoms with Crippen LogP contribution >= 0.6 is 23.4 Å². The van der Waals surface area contributed by atoms with Gasteiger partial charge in [0.05, 0.1) is 18.1 Å². The van der Waals surface area contributed by atoms with Gasteiger partial charge in [0.1, 0.15) is 11.6 Å². The van der Waals surface area contributed by atoms with E-state index in [2.05, 4.69) is 15.5 Å². The number of amides is 2. The van der Waals surface area contributed by atoms with Gasteiger partial charge in [-0.1, -0.05) is 29.4 Å². The largest absolute Gasteiger partial charge is 0.467 e. The number of aryl methyl sites for hydroxylation is 2. The van der Waals surface area contributed by atoms with Crippen LogP contribution in [0.1, 0.15) is 30.5 Å². The van der Waals surface area contributed by atoms with Gasteiger partial charge in [0.2, 0.25) is 11.8 Å². The van der Waals surface area contributed by atoms with Crippen molar-refractivity contribution in [2.75, 3.05) is 5.32 Å². The minimum atomic E-state index is -0.452. The van der Waals surface area contributed by atoms with Crippen molar-refractivity contribution in [1.82, 2.24) is 14.8 Å². The fraction of sp³-hybridized carbons (Fsp3) is 0.300. The van der Waals surface area contributed by atoms with Gasteiger partial charge in [0, 0.05) is 23.6 Å². The molecule has 8 nitrogen and oxygen atoms in total. The molecular formula is C20H22ClN5O3S. The zero-order valence-corrected chi connectivity index (χ0v) is 18.2. The second-order valence-corrected chi connectivity index (χ2v) is 8.48. The summed E-state index contributed by atoms with van der Waals surface area (Å²) < 4.78 is 7.26. The lowest BCUT2D eigenvalue weighted by molar-refractivity contribution is -0.118. The predicted molar refractivity (Wildman–Crippen MR) is 115 cm³/mol. The lowest BCUT2D eigenvalue weighted by atomic mass is 10.2. The second kappa shape index (κ2) is 9.82. The summed E-state index contributed by atoms with van der Waals surface area (Å²) in [6, 6.07) is 8.97. The standard InChI is InChI=1S/C20H22ClN5O3S/c1-12-5-6-14(21)10-16(12)23-19(28)13(2)30-20-25-24-18(8-7-17(22)27)26(20)11-15-4-3-9-29-15/h3-6,9-10,13H,7-8,11H2,1-2H3,(H2,22,27)(H,23,28)/t13-/m0/s1. The number of nitrogens with two attached hydrogens (primary N) is 1. The third-order valence-electron chi connectivity index (χ3n) is 4.39. The third-order valence-corrected chi connectivity index (χ3v) is 5.71. The van der Waals surface area contributed by atoms with Crippen molar-refractivity contribution in [3.63, 3.8) is 0 Å². The number of aromatic nitrogens is 3. The van der Waals surface area contributed by atoms with Gasteiger partial charge in [-0.2, -0.15) is 0 Å². The number of thioether (sulfide) groups is 1. The molecule has 2 aromatic heterocycles. The van der Waals surface area contributed by atoms with E-state index < -0.39 is 11.2 Å². The summed E-state index contributed by atoms with van der Waals surface area (Å²) in [5.41, 5.74) is 6.85. The smallest absolute Gasteiger partial charge is 0.237 e. The van der Waals surface area contributed by atoms with Crippen molar-refractivity contribution in [3.8, 4) is 0 Å². The second-order valence-electron chi connectivity index (χ2n) is 6.74. The Morgan fingerprint density at radius 1 is 1.33 bits per heavy atom. The third kappa shape index (κ3) is 5.64. The van der Waals surface area contributed by atoms with E-state index in [1.165, 1.54) is 11.8 Å². The Morgan fingerprint density at radius 2 is 2.13 bits per heavy atom. The molecule has 2 heterocycles. The van der Waals surface area contributed by atoms with E-state index in [1.807, 2.05) is 23.6 Å². The fourth-order valence-corrected chi connectivity index (χ4v) is 3.76. The number of furan rings is 1. The summed E-state index contributed by atoms with van der Waals surface area (Å²) in [6.45, 7) is 4.07. The minimum Gasteiger partial charge on any atom is -0.467 e. The first kappa shape index (κ1) is 21.9. The molecule has 0 saturated heterocycles. The monoisotopic (exact) mass is 447 g/mol. The summed E-state index contributed by atoms with van der Waals surface area (Å²) in [6.07, 6.45) is 2.09. The van der Waals surface area contributed by atoms with Gasteiger partial charge in [-0.25, -0.2) is 0 Å². The van der Waals surface area contributed by atoms with Gasteiger partial charge in [-0.3, -0.25) is 14.2 Å². The minimum absolute atomic E-state index is 0.158. The number of rotatable bonds is 9. The first-order valence-electron chi connectivity index (χ1n) is 9.30. The van der Waals surface area contributed by atoms with E-state index in [4.69, 9.17) is 21.8 Å². The van der Waals surface area contributed by atoms with Crippen LogP contribution in [-0.4, -0.2) is 31.8 Å². The number of halogens is 1. The summed E-state index contributed by atoms with van der Waals surface area (Å²) in [5.74, 6) is 0.715. The number of primary amides is 1. The molecule has 0 aliphatic rings. The van der Waals surface area contributed by atoms with Crippen LogP contribution in [-0.2, 0) is 22.6 Å². The maximum Gasteiger partial charge on any atom is 0.237 e. The zero-order chi connectivity index (χ0) is 21.7. The van der Waals surface area contributed by atoms with Gasteiger partial charge in [-0.15, -0.1) is 10.2 Å². The highest BCUT2D eigenvalue weighted by Gasteiger charge is 2.21. The van der Waals surface area contributed by atoms with Crippen molar-refractivity contribution >= 4 is 40.9 Å². The molecule has 0 aliphatic carbocycles. The number of carbonyl (C=O) groups excluding carboxylic acids is 2. The highest BCUT2D eigenvalue weighted by atomic mass is 35.5. The van der Waals surface area contributed by atoms with Gasteiger partial charge in [0.15, 0.2) is 5.16 Å². The Bertz CT molecular complexity index is 1040. The summed E-state index contributed by atoms with van der Waals surface area (Å²) in [7, 11) is 0. The van der Waals surface area contributed by atoms with Gasteiger partial charge >= 0.3 is 0 Å². The molecule has 0 spiro atoms. The fourth-order valence-electron chi connectivity index (χ4n) is 2.72. The number of hydrogen-bond donors (Lipinski definition) is 2. The predicted octanol–water partition coefficient (Wildman–Crippen LogP) is 3.42. The van der Waals surface area contributed by atoms with Crippen LogP contribution in [0.2, 0.25) is 5.02 Å². The first-order chi connectivity index (χ1) is 14.3. The molecule has 3 rings (SSSR count). The van der Waals surface area contributed by atoms with E-state index >= 15 is 0 Å². The molecule has 0 fully saturated rings. The van der Waals surface area contributed by atoms with Crippen LogP contribution in [0.4, 0.5) is 5.69 Å². The normalized spacial score (nSPS) is 12.0. The SMILES string of the molecule is Cc1ccc(Cl)cc1NC(=O)[C@H](C)Sc1nnc(CCC(N)=O)n1Cc1ccco1. The number of carbonyl (C=O) groups is 2. The van der Waals surface area contributed by atoms with Crippen LogP contribution in [0.25, 0.3) is 0 Å². The van der Waals surface area contributed by atoms with Crippen LogP contribution in [0.15, 0.2) is 46.2 Å². The van der Waals surface area contributed by atoms with Crippen molar-refractivity contribution < 1.29 is 14.0 Å². The zero-order valence-electron chi connectivity index (χ0n) is 16.6. The molecule has 0 unspecified atom stereocenters. The van der Waals surface area contributed by atoms with E-state index in [0.29, 0.717) is 40.4 Å². The maximum atomic E-state index is 12.7. The average molecular weight is 448 g/mol. The molecule has 158 valence electrons. The molecule has 0 aliphatic heterocycles. The Hall–Kier alpha value is -2.78. The number of nitrogens with zero attached hydrogens (tertiary/aromatic N) is 3. The quantitative estimate of drug-likeness (QED) is 0.485. The topological polar surface area (TPSA) is 116 Å². The molecule has 0 bridgehead atoms. The Balaban J connectivity index is 1.76. The highest BCUT2D eigenvalue weighted by molar-refractivity contribution is 8.00. The highest BCUT2D eigenvalue weighted by Crippen LogP contribution is 2.26. The van der Waals surface area contributed by atoms with Crippen molar-refractivity contribution in [2.45, 2.75) is 43.6 Å². The molecule has 0 radical (unpaired) electrons. The number of anilines is 1. The van der Waals surface area contributed by atoms with Crippen LogP contribution in [0.3, 0.4) is 0 Å². The molecule has 2 amide bonds.